The standard InChI is InChI=1S/C25H31N3S2/c1-5-7-8-20(13-17(3)6-2)25-27-21-11-12-28(15-24(21)30-25)18(4)19-9-10-23-22(14-19)26-16-29-23/h5,7-10,13-14,18,26H,6,11-12,15-16H2,1-4H3/b7-5-,17-13+,20-8+. The van der Waals surface area contributed by atoms with E-state index in [1.165, 1.54) is 37.9 Å². The minimum Gasteiger partial charge on any atom is -0.375 e. The number of hydrogen-bond donors (Lipinski definition) is 1. The Kier molecular flexibility index (Phi) is 6.81. The summed E-state index contributed by atoms with van der Waals surface area (Å²) >= 11 is 3.75. The second kappa shape index (κ2) is 9.54. The number of thioether (sulfide) groups is 1. The molecule has 2 aliphatic heterocycles. The molecule has 1 N–H and O–H groups in total. The second-order valence-electron chi connectivity index (χ2n) is 8.00. The Balaban J connectivity index is 1.55. The predicted octanol–water partition coefficient (Wildman–Crippen LogP) is 7.05. The van der Waals surface area contributed by atoms with E-state index in [1.807, 2.05) is 23.1 Å². The Labute approximate surface area is 189 Å². The van der Waals surface area contributed by atoms with Gasteiger partial charge in [0.15, 0.2) is 0 Å². The number of hydrogen-bond acceptors (Lipinski definition) is 5. The monoisotopic (exact) mass is 437 g/mol. The zero-order valence-electron chi connectivity index (χ0n) is 18.4. The maximum atomic E-state index is 5.04. The van der Waals surface area contributed by atoms with Crippen LogP contribution in [-0.4, -0.2) is 22.3 Å². The molecule has 1 aromatic carbocycles. The Bertz CT molecular complexity index is 1000. The second-order valence-corrected chi connectivity index (χ2v) is 10.1. The first-order chi connectivity index (χ1) is 14.6. The summed E-state index contributed by atoms with van der Waals surface area (Å²) in [5.41, 5.74) is 6.59. The van der Waals surface area contributed by atoms with Crippen molar-refractivity contribution in [3.63, 3.8) is 0 Å². The van der Waals surface area contributed by atoms with Crippen LogP contribution in [0.1, 0.15) is 61.3 Å². The highest BCUT2D eigenvalue weighted by Gasteiger charge is 2.26. The van der Waals surface area contributed by atoms with Crippen molar-refractivity contribution < 1.29 is 0 Å². The lowest BCUT2D eigenvalue weighted by Crippen LogP contribution is -2.32. The van der Waals surface area contributed by atoms with E-state index in [0.717, 1.165) is 36.8 Å². The molecular formula is C25H31N3S2. The van der Waals surface area contributed by atoms with Gasteiger partial charge in [0, 0.05) is 46.6 Å². The molecule has 2 aromatic rings. The first-order valence-electron chi connectivity index (χ1n) is 10.8. The highest BCUT2D eigenvalue weighted by molar-refractivity contribution is 7.99. The molecule has 0 aliphatic carbocycles. The van der Waals surface area contributed by atoms with Gasteiger partial charge in [-0.05, 0) is 44.9 Å². The predicted molar refractivity (Wildman–Crippen MR) is 132 cm³/mol. The van der Waals surface area contributed by atoms with Crippen LogP contribution in [0, 0.1) is 0 Å². The number of benzene rings is 1. The van der Waals surface area contributed by atoms with Crippen LogP contribution in [0.4, 0.5) is 5.69 Å². The van der Waals surface area contributed by atoms with Gasteiger partial charge in [-0.15, -0.1) is 23.1 Å². The molecule has 0 spiro atoms. The van der Waals surface area contributed by atoms with Crippen LogP contribution in [-0.2, 0) is 13.0 Å². The number of nitrogens with zero attached hydrogens (tertiary/aromatic N) is 2. The van der Waals surface area contributed by atoms with E-state index >= 15 is 0 Å². The molecule has 4 rings (SSSR count). The zero-order valence-corrected chi connectivity index (χ0v) is 20.0. The molecule has 2 aliphatic rings. The van der Waals surface area contributed by atoms with E-state index in [1.54, 1.807) is 0 Å². The van der Waals surface area contributed by atoms with Gasteiger partial charge >= 0.3 is 0 Å². The third-order valence-corrected chi connectivity index (χ3v) is 8.05. The molecule has 1 aromatic heterocycles. The average Bonchev–Trinajstić information content (AvgIpc) is 3.41. The number of nitrogens with one attached hydrogen (secondary N) is 1. The van der Waals surface area contributed by atoms with Crippen molar-refractivity contribution in [1.82, 2.24) is 9.88 Å². The largest absolute Gasteiger partial charge is 0.375 e. The molecule has 0 bridgehead atoms. The first-order valence-corrected chi connectivity index (χ1v) is 12.6. The molecule has 30 heavy (non-hydrogen) atoms. The fourth-order valence-electron chi connectivity index (χ4n) is 3.89. The van der Waals surface area contributed by atoms with Crippen LogP contribution < -0.4 is 5.32 Å². The molecule has 0 saturated carbocycles. The van der Waals surface area contributed by atoms with Gasteiger partial charge in [0.25, 0.3) is 0 Å². The molecule has 5 heteroatoms. The summed E-state index contributed by atoms with van der Waals surface area (Å²) < 4.78 is 0. The summed E-state index contributed by atoms with van der Waals surface area (Å²) in [4.78, 5) is 10.4. The van der Waals surface area contributed by atoms with Crippen LogP contribution in [0.15, 0.2) is 53.0 Å². The van der Waals surface area contributed by atoms with Gasteiger partial charge in [0.05, 0.1) is 11.6 Å². The van der Waals surface area contributed by atoms with Crippen molar-refractivity contribution >= 4 is 34.4 Å². The van der Waals surface area contributed by atoms with E-state index < -0.39 is 0 Å². The average molecular weight is 438 g/mol. The van der Waals surface area contributed by atoms with Gasteiger partial charge in [0.1, 0.15) is 5.01 Å². The summed E-state index contributed by atoms with van der Waals surface area (Å²) in [7, 11) is 0. The molecule has 0 saturated heterocycles. The summed E-state index contributed by atoms with van der Waals surface area (Å²) in [6, 6.07) is 7.31. The lowest BCUT2D eigenvalue weighted by molar-refractivity contribution is 0.193. The van der Waals surface area contributed by atoms with Crippen molar-refractivity contribution in [3.8, 4) is 0 Å². The molecular weight excluding hydrogens is 406 g/mol. The lowest BCUT2D eigenvalue weighted by atomic mass is 10.0. The maximum absolute atomic E-state index is 5.04. The highest BCUT2D eigenvalue weighted by Crippen LogP contribution is 2.38. The quantitative estimate of drug-likeness (QED) is 0.490. The van der Waals surface area contributed by atoms with Gasteiger partial charge < -0.3 is 5.32 Å². The number of aromatic nitrogens is 1. The van der Waals surface area contributed by atoms with Gasteiger partial charge in [0.2, 0.25) is 0 Å². The Morgan fingerprint density at radius 1 is 1.37 bits per heavy atom. The van der Waals surface area contributed by atoms with E-state index in [4.69, 9.17) is 4.98 Å². The molecule has 3 heterocycles. The van der Waals surface area contributed by atoms with Gasteiger partial charge in [-0.25, -0.2) is 4.98 Å². The van der Waals surface area contributed by atoms with E-state index in [0.29, 0.717) is 6.04 Å². The molecule has 1 atom stereocenters. The third kappa shape index (κ3) is 4.58. The van der Waals surface area contributed by atoms with E-state index in [9.17, 15) is 0 Å². The summed E-state index contributed by atoms with van der Waals surface area (Å²) in [6.07, 6.45) is 10.8. The SMILES string of the molecule is C\C=C/C=C(\C=C(/C)CC)c1nc2c(s1)CN(C(C)c1ccc3c(c1)NCS3)CC2. The number of rotatable bonds is 6. The minimum absolute atomic E-state index is 0.404. The summed E-state index contributed by atoms with van der Waals surface area (Å²) in [5.74, 6) is 0.985. The zero-order chi connectivity index (χ0) is 21.1. The highest BCUT2D eigenvalue weighted by atomic mass is 32.2. The summed E-state index contributed by atoms with van der Waals surface area (Å²) in [5, 5.41) is 4.64. The fraction of sp³-hybridized carbons (Fsp3) is 0.400. The molecule has 1 unspecified atom stereocenters. The molecule has 3 nitrogen and oxygen atoms in total. The number of anilines is 1. The van der Waals surface area contributed by atoms with Crippen LogP contribution in [0.25, 0.3) is 5.57 Å². The number of thiazole rings is 1. The van der Waals surface area contributed by atoms with Gasteiger partial charge in [-0.1, -0.05) is 42.9 Å². The molecule has 158 valence electrons. The Morgan fingerprint density at radius 2 is 2.23 bits per heavy atom. The number of fused-ring (bicyclic) bond motifs is 2. The fourth-order valence-corrected chi connectivity index (χ4v) is 5.86. The van der Waals surface area contributed by atoms with Crippen LogP contribution in [0.3, 0.4) is 0 Å². The van der Waals surface area contributed by atoms with Crippen molar-refractivity contribution in [2.75, 3.05) is 17.7 Å². The topological polar surface area (TPSA) is 28.2 Å². The Hall–Kier alpha value is -1.82. The first kappa shape index (κ1) is 21.4. The minimum atomic E-state index is 0.404. The van der Waals surface area contributed by atoms with Crippen molar-refractivity contribution in [1.29, 1.82) is 0 Å². The maximum Gasteiger partial charge on any atom is 0.123 e. The normalized spacial score (nSPS) is 18.4. The van der Waals surface area contributed by atoms with E-state index in [-0.39, 0.29) is 0 Å². The van der Waals surface area contributed by atoms with Gasteiger partial charge in [-0.2, -0.15) is 0 Å². The third-order valence-electron chi connectivity index (χ3n) is 5.96. The molecule has 0 radical (unpaired) electrons. The van der Waals surface area contributed by atoms with Crippen LogP contribution in [0.5, 0.6) is 0 Å². The smallest absolute Gasteiger partial charge is 0.123 e. The Morgan fingerprint density at radius 3 is 3.03 bits per heavy atom. The van der Waals surface area contributed by atoms with Gasteiger partial charge in [-0.3, -0.25) is 4.90 Å². The van der Waals surface area contributed by atoms with Crippen LogP contribution in [0.2, 0.25) is 0 Å². The van der Waals surface area contributed by atoms with Crippen molar-refractivity contribution in [3.05, 3.63) is 69.2 Å². The lowest BCUT2D eigenvalue weighted by Gasteiger charge is -2.32. The van der Waals surface area contributed by atoms with Crippen LogP contribution >= 0.6 is 23.1 Å². The number of allylic oxidation sites excluding steroid dienone is 6. The van der Waals surface area contributed by atoms with Crippen molar-refractivity contribution in [2.24, 2.45) is 0 Å². The summed E-state index contributed by atoms with van der Waals surface area (Å²) in [6.45, 7) is 10.9. The molecule has 0 fully saturated rings. The van der Waals surface area contributed by atoms with Crippen molar-refractivity contribution in [2.45, 2.75) is 58.0 Å². The van der Waals surface area contributed by atoms with E-state index in [2.05, 4.69) is 80.4 Å². The molecule has 0 amide bonds.